The predicted octanol–water partition coefficient (Wildman–Crippen LogP) is 2.43. The van der Waals surface area contributed by atoms with Gasteiger partial charge >= 0.3 is 0 Å². The van der Waals surface area contributed by atoms with Crippen molar-refractivity contribution in [1.82, 2.24) is 19.7 Å². The molecule has 1 fully saturated rings. The summed E-state index contributed by atoms with van der Waals surface area (Å²) in [6.45, 7) is 0.846. The predicted molar refractivity (Wildman–Crippen MR) is 87.1 cm³/mol. The Morgan fingerprint density at radius 2 is 2.20 bits per heavy atom. The summed E-state index contributed by atoms with van der Waals surface area (Å²) in [4.78, 5) is 21.4. The van der Waals surface area contributed by atoms with Crippen LogP contribution in [0.15, 0.2) is 44.3 Å². The minimum Gasteiger partial charge on any atom is -0.448 e. The molecule has 0 N–H and O–H groups in total. The van der Waals surface area contributed by atoms with Gasteiger partial charge in [0.15, 0.2) is 0 Å². The largest absolute Gasteiger partial charge is 0.448 e. The maximum atomic E-state index is 12.7. The Labute approximate surface area is 141 Å². The highest BCUT2D eigenvalue weighted by atomic mass is 16.5. The molecule has 8 nitrogen and oxygen atoms in total. The normalized spacial score (nSPS) is 17.7. The molecule has 0 saturated carbocycles. The summed E-state index contributed by atoms with van der Waals surface area (Å²) in [6.07, 6.45) is 3.22. The van der Waals surface area contributed by atoms with Crippen LogP contribution in [0.25, 0.3) is 22.1 Å². The van der Waals surface area contributed by atoms with Gasteiger partial charge in [-0.1, -0.05) is 17.3 Å². The monoisotopic (exact) mass is 338 g/mol. The third kappa shape index (κ3) is 2.33. The van der Waals surface area contributed by atoms with Gasteiger partial charge in [-0.05, 0) is 25.0 Å². The van der Waals surface area contributed by atoms with Gasteiger partial charge in [-0.2, -0.15) is 4.98 Å². The molecule has 0 spiro atoms. The quantitative estimate of drug-likeness (QED) is 0.566. The number of furan rings is 1. The molecule has 25 heavy (non-hydrogen) atoms. The summed E-state index contributed by atoms with van der Waals surface area (Å²) in [5.41, 5.74) is 1.14. The SMILES string of the molecule is O=c1c2oc3ccccc3c2ncn1Cc1nc(C2CCCO2)no1. The first-order valence-electron chi connectivity index (χ1n) is 8.10. The zero-order chi connectivity index (χ0) is 16.8. The molecule has 3 aromatic heterocycles. The topological polar surface area (TPSA) is 96.2 Å². The van der Waals surface area contributed by atoms with Crippen molar-refractivity contribution in [2.24, 2.45) is 0 Å². The van der Waals surface area contributed by atoms with Crippen LogP contribution in [-0.4, -0.2) is 26.3 Å². The first kappa shape index (κ1) is 14.4. The van der Waals surface area contributed by atoms with Crippen LogP contribution >= 0.6 is 0 Å². The number of nitrogens with zero attached hydrogens (tertiary/aromatic N) is 4. The number of ether oxygens (including phenoxy) is 1. The first-order chi connectivity index (χ1) is 12.3. The van der Waals surface area contributed by atoms with E-state index in [1.165, 1.54) is 10.9 Å². The minimum absolute atomic E-state index is 0.120. The Hall–Kier alpha value is -3.00. The van der Waals surface area contributed by atoms with Crippen molar-refractivity contribution < 1.29 is 13.7 Å². The van der Waals surface area contributed by atoms with Gasteiger partial charge in [0, 0.05) is 12.0 Å². The van der Waals surface area contributed by atoms with E-state index in [4.69, 9.17) is 13.7 Å². The molecule has 1 aromatic carbocycles. The van der Waals surface area contributed by atoms with E-state index in [1.54, 1.807) is 0 Å². The summed E-state index contributed by atoms with van der Waals surface area (Å²) >= 11 is 0. The van der Waals surface area contributed by atoms with Crippen LogP contribution in [0.2, 0.25) is 0 Å². The summed E-state index contributed by atoms with van der Waals surface area (Å²) in [6, 6.07) is 7.43. The van der Waals surface area contributed by atoms with Crippen molar-refractivity contribution in [3.05, 3.63) is 52.7 Å². The molecule has 0 amide bonds. The van der Waals surface area contributed by atoms with Crippen LogP contribution in [0.5, 0.6) is 0 Å². The van der Waals surface area contributed by atoms with Gasteiger partial charge in [-0.25, -0.2) is 4.98 Å². The lowest BCUT2D eigenvalue weighted by molar-refractivity contribution is 0.103. The molecule has 4 aromatic rings. The molecule has 1 saturated heterocycles. The maximum absolute atomic E-state index is 12.7. The summed E-state index contributed by atoms with van der Waals surface area (Å²) in [5.74, 6) is 0.864. The molecule has 4 heterocycles. The first-order valence-corrected chi connectivity index (χ1v) is 8.10. The van der Waals surface area contributed by atoms with Crippen LogP contribution in [0.4, 0.5) is 0 Å². The van der Waals surface area contributed by atoms with Crippen LogP contribution in [0, 0.1) is 0 Å². The Bertz CT molecular complexity index is 1120. The van der Waals surface area contributed by atoms with Gasteiger partial charge in [-0.15, -0.1) is 0 Å². The molecule has 1 atom stereocenters. The third-order valence-corrected chi connectivity index (χ3v) is 4.36. The Morgan fingerprint density at radius 1 is 1.28 bits per heavy atom. The maximum Gasteiger partial charge on any atom is 0.297 e. The van der Waals surface area contributed by atoms with Crippen LogP contribution in [-0.2, 0) is 11.3 Å². The third-order valence-electron chi connectivity index (χ3n) is 4.36. The fraction of sp³-hybridized carbons (Fsp3) is 0.294. The number of hydrogen-bond acceptors (Lipinski definition) is 7. The van der Waals surface area contributed by atoms with Crippen molar-refractivity contribution in [1.29, 1.82) is 0 Å². The smallest absolute Gasteiger partial charge is 0.297 e. The number of para-hydroxylation sites is 1. The molecule has 5 rings (SSSR count). The fourth-order valence-corrected chi connectivity index (χ4v) is 3.12. The highest BCUT2D eigenvalue weighted by molar-refractivity contribution is 6.01. The van der Waals surface area contributed by atoms with Crippen molar-refractivity contribution in [2.75, 3.05) is 6.61 Å². The standard InChI is InChI=1S/C17H14N4O4/c22-17-15-14(10-4-1-2-5-11(10)24-15)18-9-21(17)8-13-19-16(20-25-13)12-6-3-7-23-12/h1-2,4-5,9,12H,3,6-8H2. The van der Waals surface area contributed by atoms with Gasteiger partial charge < -0.3 is 13.7 Å². The molecule has 0 radical (unpaired) electrons. The van der Waals surface area contributed by atoms with Gasteiger partial charge in [0.05, 0.1) is 6.33 Å². The number of fused-ring (bicyclic) bond motifs is 3. The second kappa shape index (κ2) is 5.52. The van der Waals surface area contributed by atoms with Crippen LogP contribution in [0.3, 0.4) is 0 Å². The molecule has 1 aliphatic heterocycles. The highest BCUT2D eigenvalue weighted by Crippen LogP contribution is 2.26. The van der Waals surface area contributed by atoms with E-state index in [9.17, 15) is 4.79 Å². The average molecular weight is 338 g/mol. The lowest BCUT2D eigenvalue weighted by atomic mass is 10.2. The van der Waals surface area contributed by atoms with Crippen LogP contribution < -0.4 is 5.56 Å². The van der Waals surface area contributed by atoms with Gasteiger partial charge in [0.1, 0.15) is 23.7 Å². The Balaban J connectivity index is 1.51. The fourth-order valence-electron chi connectivity index (χ4n) is 3.12. The molecular weight excluding hydrogens is 324 g/mol. The Morgan fingerprint density at radius 3 is 3.08 bits per heavy atom. The molecule has 0 aliphatic carbocycles. The lowest BCUT2D eigenvalue weighted by Gasteiger charge is -2.01. The van der Waals surface area contributed by atoms with Gasteiger partial charge in [0.25, 0.3) is 5.56 Å². The van der Waals surface area contributed by atoms with E-state index in [0.29, 0.717) is 29.4 Å². The van der Waals surface area contributed by atoms with E-state index in [1.807, 2.05) is 24.3 Å². The zero-order valence-corrected chi connectivity index (χ0v) is 13.2. The van der Waals surface area contributed by atoms with E-state index in [2.05, 4.69) is 15.1 Å². The lowest BCUT2D eigenvalue weighted by Crippen LogP contribution is -2.20. The molecule has 1 unspecified atom stereocenters. The molecule has 0 bridgehead atoms. The molecule has 8 heteroatoms. The average Bonchev–Trinajstić information content (AvgIpc) is 3.36. The number of benzene rings is 1. The van der Waals surface area contributed by atoms with E-state index < -0.39 is 0 Å². The number of hydrogen-bond donors (Lipinski definition) is 0. The molecule has 1 aliphatic rings. The van der Waals surface area contributed by atoms with Gasteiger partial charge in [0.2, 0.25) is 17.3 Å². The Kier molecular flexibility index (Phi) is 3.17. The minimum atomic E-state index is -0.280. The second-order valence-electron chi connectivity index (χ2n) is 6.00. The van der Waals surface area contributed by atoms with Crippen molar-refractivity contribution in [3.63, 3.8) is 0 Å². The van der Waals surface area contributed by atoms with E-state index in [-0.39, 0.29) is 23.8 Å². The second-order valence-corrected chi connectivity index (χ2v) is 6.00. The van der Waals surface area contributed by atoms with Crippen molar-refractivity contribution in [3.8, 4) is 0 Å². The van der Waals surface area contributed by atoms with E-state index >= 15 is 0 Å². The molecule has 126 valence electrons. The van der Waals surface area contributed by atoms with E-state index in [0.717, 1.165) is 18.2 Å². The van der Waals surface area contributed by atoms with Crippen LogP contribution in [0.1, 0.15) is 30.7 Å². The van der Waals surface area contributed by atoms with Crippen molar-refractivity contribution in [2.45, 2.75) is 25.5 Å². The number of rotatable bonds is 3. The number of aromatic nitrogens is 4. The summed E-state index contributed by atoms with van der Waals surface area (Å²) in [7, 11) is 0. The summed E-state index contributed by atoms with van der Waals surface area (Å²) < 4.78 is 17.9. The molecular formula is C17H14N4O4. The highest BCUT2D eigenvalue weighted by Gasteiger charge is 2.23. The summed E-state index contributed by atoms with van der Waals surface area (Å²) in [5, 5.41) is 4.77. The zero-order valence-electron chi connectivity index (χ0n) is 13.2. The van der Waals surface area contributed by atoms with Crippen molar-refractivity contribution >= 4 is 22.1 Å². The van der Waals surface area contributed by atoms with Gasteiger partial charge in [-0.3, -0.25) is 9.36 Å².